The summed E-state index contributed by atoms with van der Waals surface area (Å²) in [6.07, 6.45) is 2.54. The molecule has 0 N–H and O–H groups in total. The van der Waals surface area contributed by atoms with Gasteiger partial charge in [0.1, 0.15) is 6.17 Å². The van der Waals surface area contributed by atoms with Crippen molar-refractivity contribution >= 4 is 5.78 Å². The van der Waals surface area contributed by atoms with E-state index in [1.54, 1.807) is 6.92 Å². The number of ether oxygens (including phenoxy) is 1. The Hall–Kier alpha value is -0.860. The highest BCUT2D eigenvalue weighted by molar-refractivity contribution is 6.02. The van der Waals surface area contributed by atoms with Gasteiger partial charge in [-0.1, -0.05) is 0 Å². The normalized spacial score (nSPS) is 37.7. The van der Waals surface area contributed by atoms with Gasteiger partial charge in [-0.3, -0.25) is 4.79 Å². The van der Waals surface area contributed by atoms with Gasteiger partial charge in [-0.15, -0.1) is 0 Å². The third kappa shape index (κ3) is 1.36. The van der Waals surface area contributed by atoms with E-state index in [2.05, 4.69) is 0 Å². The van der Waals surface area contributed by atoms with Crippen molar-refractivity contribution in [3.8, 4) is 0 Å². The molecular formula is C10H13FO2. The van der Waals surface area contributed by atoms with Crippen LogP contribution >= 0.6 is 0 Å². The molecule has 0 bridgehead atoms. The van der Waals surface area contributed by atoms with Crippen molar-refractivity contribution in [2.45, 2.75) is 32.4 Å². The molecule has 0 aromatic carbocycles. The third-order valence-electron chi connectivity index (χ3n) is 2.88. The monoisotopic (exact) mass is 184 g/mol. The highest BCUT2D eigenvalue weighted by atomic mass is 19.1. The molecule has 0 saturated heterocycles. The summed E-state index contributed by atoms with van der Waals surface area (Å²) >= 11 is 0. The summed E-state index contributed by atoms with van der Waals surface area (Å²) in [6.45, 7) is 2.36. The van der Waals surface area contributed by atoms with Gasteiger partial charge in [-0.25, -0.2) is 4.39 Å². The first-order chi connectivity index (χ1) is 6.14. The number of halogens is 1. The van der Waals surface area contributed by atoms with Gasteiger partial charge in [0.2, 0.25) is 0 Å². The van der Waals surface area contributed by atoms with Crippen LogP contribution in [-0.2, 0) is 9.53 Å². The number of ketones is 1. The molecule has 1 aliphatic carbocycles. The van der Waals surface area contributed by atoms with E-state index >= 15 is 0 Å². The SMILES string of the molecule is CC1(C(=O)C2=COCCC2)CC1F. The molecule has 72 valence electrons. The lowest BCUT2D eigenvalue weighted by Crippen LogP contribution is -2.19. The smallest absolute Gasteiger partial charge is 0.170 e. The molecule has 3 heteroatoms. The van der Waals surface area contributed by atoms with Crippen molar-refractivity contribution in [3.63, 3.8) is 0 Å². The summed E-state index contributed by atoms with van der Waals surface area (Å²) in [5, 5.41) is 0. The Morgan fingerprint density at radius 3 is 2.92 bits per heavy atom. The molecule has 2 atom stereocenters. The fourth-order valence-corrected chi connectivity index (χ4v) is 1.65. The van der Waals surface area contributed by atoms with Gasteiger partial charge in [0.25, 0.3) is 0 Å². The van der Waals surface area contributed by atoms with Crippen LogP contribution in [0, 0.1) is 5.41 Å². The fraction of sp³-hybridized carbons (Fsp3) is 0.700. The van der Waals surface area contributed by atoms with Crippen molar-refractivity contribution < 1.29 is 13.9 Å². The second kappa shape index (κ2) is 2.82. The molecule has 0 amide bonds. The van der Waals surface area contributed by atoms with Crippen molar-refractivity contribution in [3.05, 3.63) is 11.8 Å². The van der Waals surface area contributed by atoms with E-state index in [0.717, 1.165) is 12.8 Å². The predicted octanol–water partition coefficient (Wildman–Crippen LogP) is 2.00. The molecule has 1 aliphatic heterocycles. The van der Waals surface area contributed by atoms with Gasteiger partial charge in [0.15, 0.2) is 5.78 Å². The van der Waals surface area contributed by atoms with E-state index < -0.39 is 11.6 Å². The highest BCUT2D eigenvalue weighted by Crippen LogP contribution is 2.50. The van der Waals surface area contributed by atoms with Crippen LogP contribution in [0.25, 0.3) is 0 Å². The quantitative estimate of drug-likeness (QED) is 0.656. The van der Waals surface area contributed by atoms with E-state index in [4.69, 9.17) is 4.74 Å². The maximum absolute atomic E-state index is 12.9. The van der Waals surface area contributed by atoms with Crippen molar-refractivity contribution in [1.29, 1.82) is 0 Å². The maximum Gasteiger partial charge on any atom is 0.170 e. The van der Waals surface area contributed by atoms with Crippen LogP contribution in [0.15, 0.2) is 11.8 Å². The Labute approximate surface area is 76.8 Å². The molecule has 0 aromatic heterocycles. The second-order valence-electron chi connectivity index (χ2n) is 4.04. The van der Waals surface area contributed by atoms with Crippen LogP contribution < -0.4 is 0 Å². The largest absolute Gasteiger partial charge is 0.501 e. The van der Waals surface area contributed by atoms with Crippen LogP contribution in [0.3, 0.4) is 0 Å². The highest BCUT2D eigenvalue weighted by Gasteiger charge is 2.57. The van der Waals surface area contributed by atoms with Crippen LogP contribution in [0.1, 0.15) is 26.2 Å². The third-order valence-corrected chi connectivity index (χ3v) is 2.88. The average molecular weight is 184 g/mol. The molecule has 1 saturated carbocycles. The summed E-state index contributed by atoms with van der Waals surface area (Å²) in [5.41, 5.74) is -0.0686. The number of carbonyl (C=O) groups is 1. The molecule has 1 fully saturated rings. The van der Waals surface area contributed by atoms with E-state index in [0.29, 0.717) is 18.6 Å². The molecule has 0 radical (unpaired) electrons. The summed E-state index contributed by atoms with van der Waals surface area (Å²) in [5.74, 6) is -0.0558. The van der Waals surface area contributed by atoms with E-state index in [1.165, 1.54) is 6.26 Å². The van der Waals surface area contributed by atoms with Gasteiger partial charge < -0.3 is 4.74 Å². The molecule has 2 aliphatic rings. The second-order valence-corrected chi connectivity index (χ2v) is 4.04. The van der Waals surface area contributed by atoms with Gasteiger partial charge in [0.05, 0.1) is 18.3 Å². The topological polar surface area (TPSA) is 26.3 Å². The summed E-state index contributed by atoms with van der Waals surface area (Å²) < 4.78 is 17.9. The lowest BCUT2D eigenvalue weighted by atomic mass is 9.94. The Kier molecular flexibility index (Phi) is 1.90. The number of allylic oxidation sites excluding steroid dienone is 1. The van der Waals surface area contributed by atoms with E-state index in [1.807, 2.05) is 0 Å². The van der Waals surface area contributed by atoms with E-state index in [9.17, 15) is 9.18 Å². The van der Waals surface area contributed by atoms with Crippen LogP contribution in [0.5, 0.6) is 0 Å². The van der Waals surface area contributed by atoms with Gasteiger partial charge >= 0.3 is 0 Å². The van der Waals surface area contributed by atoms with E-state index in [-0.39, 0.29) is 5.78 Å². The Morgan fingerprint density at radius 2 is 2.46 bits per heavy atom. The standard InChI is InChI=1S/C10H13FO2/c1-10(5-8(10)11)9(12)7-3-2-4-13-6-7/h6,8H,2-5H2,1H3. The lowest BCUT2D eigenvalue weighted by Gasteiger charge is -2.15. The van der Waals surface area contributed by atoms with Crippen molar-refractivity contribution in [2.24, 2.45) is 5.41 Å². The minimum absolute atomic E-state index is 0.0558. The van der Waals surface area contributed by atoms with Gasteiger partial charge in [0, 0.05) is 5.57 Å². The molecule has 2 unspecified atom stereocenters. The number of alkyl halides is 1. The number of Topliss-reactive ketones (excluding diaryl/α,β-unsaturated/α-hetero) is 1. The molecule has 2 nitrogen and oxygen atoms in total. The van der Waals surface area contributed by atoms with Crippen LogP contribution in [0.2, 0.25) is 0 Å². The molecule has 0 aromatic rings. The predicted molar refractivity (Wildman–Crippen MR) is 45.9 cm³/mol. The number of hydrogen-bond acceptors (Lipinski definition) is 2. The summed E-state index contributed by atoms with van der Waals surface area (Å²) in [6, 6.07) is 0. The number of hydrogen-bond donors (Lipinski definition) is 0. The zero-order valence-corrected chi connectivity index (χ0v) is 7.68. The number of rotatable bonds is 2. The first-order valence-electron chi connectivity index (χ1n) is 4.64. The Bertz CT molecular complexity index is 272. The molecule has 1 heterocycles. The van der Waals surface area contributed by atoms with Crippen LogP contribution in [0.4, 0.5) is 4.39 Å². The minimum atomic E-state index is -0.942. The lowest BCUT2D eigenvalue weighted by molar-refractivity contribution is -0.121. The molecule has 13 heavy (non-hydrogen) atoms. The first-order valence-corrected chi connectivity index (χ1v) is 4.64. The number of carbonyl (C=O) groups excluding carboxylic acids is 1. The fourth-order valence-electron chi connectivity index (χ4n) is 1.65. The Balaban J connectivity index is 2.09. The maximum atomic E-state index is 12.9. The molecular weight excluding hydrogens is 171 g/mol. The Morgan fingerprint density at radius 1 is 1.77 bits per heavy atom. The molecule has 0 spiro atoms. The average Bonchev–Trinajstić information content (AvgIpc) is 2.76. The molecule has 2 rings (SSSR count). The van der Waals surface area contributed by atoms with Gasteiger partial charge in [-0.05, 0) is 26.2 Å². The summed E-state index contributed by atoms with van der Waals surface area (Å²) in [4.78, 5) is 11.7. The first kappa shape index (κ1) is 8.73. The van der Waals surface area contributed by atoms with Crippen molar-refractivity contribution in [2.75, 3.05) is 6.61 Å². The zero-order valence-electron chi connectivity index (χ0n) is 7.68. The van der Waals surface area contributed by atoms with Gasteiger partial charge in [-0.2, -0.15) is 0 Å². The minimum Gasteiger partial charge on any atom is -0.501 e. The van der Waals surface area contributed by atoms with Crippen molar-refractivity contribution in [1.82, 2.24) is 0 Å². The zero-order chi connectivity index (χ0) is 9.47. The van der Waals surface area contributed by atoms with Crippen LogP contribution in [-0.4, -0.2) is 18.6 Å². The summed E-state index contributed by atoms with van der Waals surface area (Å²) in [7, 11) is 0.